The summed E-state index contributed by atoms with van der Waals surface area (Å²) in [5.74, 6) is 1.86. The van der Waals surface area contributed by atoms with Crippen molar-refractivity contribution in [1.29, 1.82) is 0 Å². The van der Waals surface area contributed by atoms with E-state index in [0.717, 1.165) is 33.9 Å². The lowest BCUT2D eigenvalue weighted by molar-refractivity contribution is -0.137. The van der Waals surface area contributed by atoms with Crippen LogP contribution in [0.2, 0.25) is 0 Å². The van der Waals surface area contributed by atoms with Crippen molar-refractivity contribution in [3.8, 4) is 17.2 Å². The predicted molar refractivity (Wildman–Crippen MR) is 125 cm³/mol. The molecule has 5 heteroatoms. The van der Waals surface area contributed by atoms with Crippen molar-refractivity contribution in [2.24, 2.45) is 0 Å². The van der Waals surface area contributed by atoms with Gasteiger partial charge in [-0.1, -0.05) is 42.5 Å². The average molecular weight is 433 g/mol. The molecular formula is C27H28O5. The standard InChI is InChI=1S/C27H28O5/c1-5-32-26(28)18-19-27(20-6-12-23(29-2)13-7-20,21-8-14-24(30-3)15-9-21)22-10-16-25(31-4)17-11-22/h6-19H,5H2,1-4H3/b19-18+. The second-order valence-corrected chi connectivity index (χ2v) is 7.08. The van der Waals surface area contributed by atoms with Crippen molar-refractivity contribution in [3.63, 3.8) is 0 Å². The van der Waals surface area contributed by atoms with Gasteiger partial charge in [0, 0.05) is 6.08 Å². The maximum atomic E-state index is 12.3. The molecule has 0 aromatic heterocycles. The minimum Gasteiger partial charge on any atom is -0.497 e. The van der Waals surface area contributed by atoms with Crippen LogP contribution in [-0.4, -0.2) is 33.9 Å². The molecule has 0 N–H and O–H groups in total. The van der Waals surface area contributed by atoms with Gasteiger partial charge >= 0.3 is 5.97 Å². The van der Waals surface area contributed by atoms with Crippen LogP contribution in [0.3, 0.4) is 0 Å². The van der Waals surface area contributed by atoms with E-state index in [2.05, 4.69) is 0 Å². The number of hydrogen-bond donors (Lipinski definition) is 0. The molecule has 32 heavy (non-hydrogen) atoms. The zero-order valence-corrected chi connectivity index (χ0v) is 18.8. The Balaban J connectivity index is 2.29. The molecule has 0 spiro atoms. The van der Waals surface area contributed by atoms with Crippen molar-refractivity contribution >= 4 is 5.97 Å². The van der Waals surface area contributed by atoms with Gasteiger partial charge in [0.05, 0.1) is 33.4 Å². The highest BCUT2D eigenvalue weighted by atomic mass is 16.5. The summed E-state index contributed by atoms with van der Waals surface area (Å²) >= 11 is 0. The highest BCUT2D eigenvalue weighted by molar-refractivity contribution is 5.83. The first-order valence-corrected chi connectivity index (χ1v) is 10.4. The third kappa shape index (κ3) is 4.78. The van der Waals surface area contributed by atoms with Crippen LogP contribution in [0.15, 0.2) is 84.9 Å². The molecule has 0 unspecified atom stereocenters. The molecule has 0 saturated heterocycles. The summed E-state index contributed by atoms with van der Waals surface area (Å²) in [5.41, 5.74) is 2.13. The summed E-state index contributed by atoms with van der Waals surface area (Å²) in [6.45, 7) is 2.10. The molecule has 0 aliphatic heterocycles. The maximum Gasteiger partial charge on any atom is 0.330 e. The summed E-state index contributed by atoms with van der Waals surface area (Å²) in [7, 11) is 4.90. The highest BCUT2D eigenvalue weighted by Crippen LogP contribution is 2.42. The van der Waals surface area contributed by atoms with E-state index < -0.39 is 11.4 Å². The number of ether oxygens (including phenoxy) is 4. The summed E-state index contributed by atoms with van der Waals surface area (Å²) in [6.07, 6.45) is 3.37. The van der Waals surface area contributed by atoms with Crippen LogP contribution in [0, 0.1) is 0 Å². The second kappa shape index (κ2) is 10.5. The number of carbonyl (C=O) groups is 1. The smallest absolute Gasteiger partial charge is 0.330 e. The number of carbonyl (C=O) groups excluding carboxylic acids is 1. The molecule has 0 atom stereocenters. The van der Waals surface area contributed by atoms with Gasteiger partial charge < -0.3 is 18.9 Å². The first-order chi connectivity index (χ1) is 15.6. The summed E-state index contributed by atoms with van der Waals surface area (Å²) in [5, 5.41) is 0. The van der Waals surface area contributed by atoms with Crippen molar-refractivity contribution in [2.75, 3.05) is 27.9 Å². The molecule has 0 bridgehead atoms. The fraction of sp³-hybridized carbons (Fsp3) is 0.222. The molecule has 0 amide bonds. The lowest BCUT2D eigenvalue weighted by Crippen LogP contribution is -2.27. The highest BCUT2D eigenvalue weighted by Gasteiger charge is 2.34. The van der Waals surface area contributed by atoms with E-state index in [4.69, 9.17) is 18.9 Å². The van der Waals surface area contributed by atoms with Crippen LogP contribution in [0.4, 0.5) is 0 Å². The van der Waals surface area contributed by atoms with Crippen LogP contribution < -0.4 is 14.2 Å². The lowest BCUT2D eigenvalue weighted by atomic mass is 9.69. The van der Waals surface area contributed by atoms with Gasteiger partial charge in [-0.2, -0.15) is 0 Å². The Hall–Kier alpha value is -3.73. The number of allylic oxidation sites excluding steroid dienone is 1. The number of methoxy groups -OCH3 is 3. The van der Waals surface area contributed by atoms with E-state index in [1.807, 2.05) is 78.9 Å². The zero-order chi connectivity index (χ0) is 23.0. The predicted octanol–water partition coefficient (Wildman–Crippen LogP) is 5.17. The summed E-state index contributed by atoms with van der Waals surface area (Å²) in [4.78, 5) is 12.3. The normalized spacial score (nSPS) is 11.2. The van der Waals surface area contributed by atoms with Gasteiger partial charge in [0.15, 0.2) is 0 Å². The fourth-order valence-electron chi connectivity index (χ4n) is 3.73. The van der Waals surface area contributed by atoms with Gasteiger partial charge in [-0.15, -0.1) is 0 Å². The summed E-state index contributed by atoms with van der Waals surface area (Å²) < 4.78 is 21.2. The Morgan fingerprint density at radius 3 is 1.31 bits per heavy atom. The Bertz CT molecular complexity index is 919. The lowest BCUT2D eigenvalue weighted by Gasteiger charge is -2.33. The molecule has 3 rings (SSSR count). The van der Waals surface area contributed by atoms with Crippen molar-refractivity contribution < 1.29 is 23.7 Å². The SMILES string of the molecule is CCOC(=O)/C=C/C(c1ccc(OC)cc1)(c1ccc(OC)cc1)c1ccc(OC)cc1. The number of rotatable bonds is 9. The molecule has 0 saturated carbocycles. The number of hydrogen-bond acceptors (Lipinski definition) is 5. The first-order valence-electron chi connectivity index (χ1n) is 10.4. The van der Waals surface area contributed by atoms with Gasteiger partial charge in [-0.3, -0.25) is 0 Å². The van der Waals surface area contributed by atoms with Gasteiger partial charge in [-0.05, 0) is 60.0 Å². The molecule has 3 aromatic rings. The van der Waals surface area contributed by atoms with Gasteiger partial charge in [0.25, 0.3) is 0 Å². The minimum atomic E-state index is -0.766. The Morgan fingerprint density at radius 1 is 0.688 bits per heavy atom. The molecule has 3 aromatic carbocycles. The minimum absolute atomic E-state index is 0.309. The Kier molecular flexibility index (Phi) is 7.55. The molecular weight excluding hydrogens is 404 g/mol. The first kappa shape index (κ1) is 22.9. The Morgan fingerprint density at radius 2 is 1.03 bits per heavy atom. The van der Waals surface area contributed by atoms with Crippen LogP contribution >= 0.6 is 0 Å². The largest absolute Gasteiger partial charge is 0.497 e. The van der Waals surface area contributed by atoms with E-state index in [1.165, 1.54) is 6.08 Å². The summed E-state index contributed by atoms with van der Waals surface area (Å²) in [6, 6.07) is 23.5. The third-order valence-corrected chi connectivity index (χ3v) is 5.39. The van der Waals surface area contributed by atoms with Gasteiger partial charge in [-0.25, -0.2) is 4.79 Å². The molecule has 0 aliphatic rings. The number of benzene rings is 3. The topological polar surface area (TPSA) is 54.0 Å². The molecule has 0 aliphatic carbocycles. The van der Waals surface area contributed by atoms with Crippen molar-refractivity contribution in [2.45, 2.75) is 12.3 Å². The maximum absolute atomic E-state index is 12.3. The fourth-order valence-corrected chi connectivity index (χ4v) is 3.73. The van der Waals surface area contributed by atoms with Gasteiger partial charge in [0.2, 0.25) is 0 Å². The van der Waals surface area contributed by atoms with Gasteiger partial charge in [0.1, 0.15) is 17.2 Å². The zero-order valence-electron chi connectivity index (χ0n) is 18.8. The molecule has 0 fully saturated rings. The Labute approximate surface area is 189 Å². The van der Waals surface area contributed by atoms with Crippen LogP contribution in [0.25, 0.3) is 0 Å². The molecule has 5 nitrogen and oxygen atoms in total. The van der Waals surface area contributed by atoms with Crippen molar-refractivity contribution in [3.05, 3.63) is 102 Å². The molecule has 0 heterocycles. The molecule has 0 radical (unpaired) electrons. The van der Waals surface area contributed by atoms with Crippen molar-refractivity contribution in [1.82, 2.24) is 0 Å². The van der Waals surface area contributed by atoms with E-state index in [0.29, 0.717) is 6.61 Å². The van der Waals surface area contributed by atoms with Crippen LogP contribution in [0.5, 0.6) is 17.2 Å². The van der Waals surface area contributed by atoms with E-state index in [-0.39, 0.29) is 0 Å². The van der Waals surface area contributed by atoms with E-state index in [1.54, 1.807) is 28.3 Å². The van der Waals surface area contributed by atoms with E-state index in [9.17, 15) is 4.79 Å². The number of esters is 1. The quantitative estimate of drug-likeness (QED) is 0.265. The van der Waals surface area contributed by atoms with Crippen LogP contribution in [0.1, 0.15) is 23.6 Å². The second-order valence-electron chi connectivity index (χ2n) is 7.08. The average Bonchev–Trinajstić information content (AvgIpc) is 2.85. The van der Waals surface area contributed by atoms with E-state index >= 15 is 0 Å². The molecule has 166 valence electrons. The third-order valence-electron chi connectivity index (χ3n) is 5.39. The monoisotopic (exact) mass is 432 g/mol. The van der Waals surface area contributed by atoms with Crippen LogP contribution in [-0.2, 0) is 14.9 Å².